The molecule has 1 aliphatic carbocycles. The molecule has 1 heterocycles. The zero-order valence-electron chi connectivity index (χ0n) is 11.0. The van der Waals surface area contributed by atoms with Gasteiger partial charge in [0.05, 0.1) is 13.2 Å². The number of phosphoric ester groups is 1. The Morgan fingerprint density at radius 3 is 2.05 bits per heavy atom. The lowest BCUT2D eigenvalue weighted by Gasteiger charge is -2.56. The van der Waals surface area contributed by atoms with Gasteiger partial charge in [-0.3, -0.25) is 4.52 Å². The number of ether oxygens (including phenoxy) is 2. The van der Waals surface area contributed by atoms with Gasteiger partial charge in [0.25, 0.3) is 11.6 Å². The lowest BCUT2D eigenvalue weighted by atomic mass is 9.78. The zero-order chi connectivity index (χ0) is 16.9. The average molecular weight is 348 g/mol. The molecule has 130 valence electrons. The molecule has 12 nitrogen and oxygen atoms in total. The quantitative estimate of drug-likeness (QED) is 0.227. The molecule has 0 radical (unpaired) electrons. The third kappa shape index (κ3) is 2.82. The van der Waals surface area contributed by atoms with Gasteiger partial charge in [0.2, 0.25) is 0 Å². The first kappa shape index (κ1) is 18.1. The molecule has 22 heavy (non-hydrogen) atoms. The van der Waals surface area contributed by atoms with Gasteiger partial charge in [0, 0.05) is 0 Å². The molecular weight excluding hydrogens is 331 g/mol. The Morgan fingerprint density at radius 2 is 1.55 bits per heavy atom. The molecule has 0 spiro atoms. The highest BCUT2D eigenvalue weighted by atomic mass is 31.2. The number of aliphatic hydroxyl groups is 6. The maximum absolute atomic E-state index is 10.6. The first-order valence-corrected chi connectivity index (χ1v) is 7.64. The van der Waals surface area contributed by atoms with Crippen molar-refractivity contribution >= 4 is 7.82 Å². The van der Waals surface area contributed by atoms with Crippen LogP contribution in [0.25, 0.3) is 0 Å². The van der Waals surface area contributed by atoms with Crippen LogP contribution in [0.3, 0.4) is 0 Å². The Bertz CT molecular complexity index is 468. The number of hydrogen-bond donors (Lipinski definition) is 8. The summed E-state index contributed by atoms with van der Waals surface area (Å²) in [5.74, 6) is -6.03. The molecular formula is C9H17O12P. The van der Waals surface area contributed by atoms with E-state index in [0.29, 0.717) is 0 Å². The molecule has 0 aromatic heterocycles. The largest absolute Gasteiger partial charge is 0.469 e. The Morgan fingerprint density at radius 1 is 1.05 bits per heavy atom. The maximum atomic E-state index is 10.6. The van der Waals surface area contributed by atoms with E-state index in [9.17, 15) is 35.2 Å². The molecule has 0 amide bonds. The maximum Gasteiger partial charge on any atom is 0.469 e. The summed E-state index contributed by atoms with van der Waals surface area (Å²) in [7, 11) is -4.84. The van der Waals surface area contributed by atoms with Crippen LogP contribution in [-0.4, -0.2) is 95.7 Å². The third-order valence-electron chi connectivity index (χ3n) is 3.58. The van der Waals surface area contributed by atoms with Crippen molar-refractivity contribution in [3.05, 3.63) is 0 Å². The fourth-order valence-electron chi connectivity index (χ4n) is 2.37. The van der Waals surface area contributed by atoms with Gasteiger partial charge in [-0.1, -0.05) is 0 Å². The first-order valence-electron chi connectivity index (χ1n) is 6.11. The second-order valence-electron chi connectivity index (χ2n) is 5.10. The Labute approximate surface area is 123 Å². The SMILES string of the molecule is O=P(O)(O)OCC1CO[C@]2(O)[C@H](O)[C@H](O)[C@@H](O)[C@H](O)[C@]2(O)O1. The highest BCUT2D eigenvalue weighted by molar-refractivity contribution is 7.46. The summed E-state index contributed by atoms with van der Waals surface area (Å²) < 4.78 is 24.5. The van der Waals surface area contributed by atoms with Crippen LogP contribution in [0.15, 0.2) is 0 Å². The van der Waals surface area contributed by atoms with E-state index in [1.807, 2.05) is 0 Å². The van der Waals surface area contributed by atoms with Gasteiger partial charge in [-0.05, 0) is 0 Å². The molecule has 0 bridgehead atoms. The molecule has 2 rings (SSSR count). The number of fused-ring (bicyclic) bond motifs is 1. The van der Waals surface area contributed by atoms with E-state index in [0.717, 1.165) is 0 Å². The minimum Gasteiger partial charge on any atom is -0.387 e. The van der Waals surface area contributed by atoms with E-state index >= 15 is 0 Å². The van der Waals surface area contributed by atoms with E-state index in [-0.39, 0.29) is 0 Å². The predicted molar refractivity (Wildman–Crippen MR) is 62.7 cm³/mol. The molecule has 0 aromatic carbocycles. The van der Waals surface area contributed by atoms with Crippen LogP contribution >= 0.6 is 7.82 Å². The van der Waals surface area contributed by atoms with Crippen molar-refractivity contribution in [3.63, 3.8) is 0 Å². The number of aliphatic hydroxyl groups excluding tert-OH is 4. The lowest BCUT2D eigenvalue weighted by molar-refractivity contribution is -0.497. The molecule has 2 fully saturated rings. The van der Waals surface area contributed by atoms with Crippen molar-refractivity contribution in [1.29, 1.82) is 0 Å². The minimum atomic E-state index is -4.84. The van der Waals surface area contributed by atoms with Crippen LogP contribution in [0.4, 0.5) is 0 Å². The average Bonchev–Trinajstić information content (AvgIpc) is 2.43. The van der Waals surface area contributed by atoms with Gasteiger partial charge in [-0.2, -0.15) is 0 Å². The van der Waals surface area contributed by atoms with Crippen molar-refractivity contribution in [2.24, 2.45) is 0 Å². The van der Waals surface area contributed by atoms with Gasteiger partial charge in [0.1, 0.15) is 30.5 Å². The normalized spacial score (nSPS) is 49.7. The Kier molecular flexibility index (Phi) is 4.70. The number of rotatable bonds is 3. The summed E-state index contributed by atoms with van der Waals surface area (Å²) in [6.45, 7) is -1.37. The van der Waals surface area contributed by atoms with Gasteiger partial charge in [0.15, 0.2) is 0 Å². The van der Waals surface area contributed by atoms with Crippen molar-refractivity contribution < 1.29 is 59.0 Å². The molecule has 7 atom stereocenters. The van der Waals surface area contributed by atoms with Crippen molar-refractivity contribution in [1.82, 2.24) is 0 Å². The zero-order valence-corrected chi connectivity index (χ0v) is 11.9. The van der Waals surface area contributed by atoms with Crippen LogP contribution in [0.5, 0.6) is 0 Å². The predicted octanol–water partition coefficient (Wildman–Crippen LogP) is -4.65. The standard InChI is InChI=1S/C9H17O12P/c10-4-5(11)7(13)9(15)8(14,6(4)12)19-1-3(21-9)2-20-22(16,17)18/h3-7,10-15H,1-2H2,(H2,16,17,18)/t3?,4-,5-,6-,7+,8-,9+/m1/s1. The van der Waals surface area contributed by atoms with Crippen molar-refractivity contribution in [2.45, 2.75) is 42.1 Å². The molecule has 13 heteroatoms. The fourth-order valence-corrected chi connectivity index (χ4v) is 2.73. The van der Waals surface area contributed by atoms with Crippen LogP contribution in [0, 0.1) is 0 Å². The first-order chi connectivity index (χ1) is 9.92. The van der Waals surface area contributed by atoms with E-state index in [2.05, 4.69) is 4.52 Å². The summed E-state index contributed by atoms with van der Waals surface area (Å²) in [6, 6.07) is 0. The van der Waals surface area contributed by atoms with Crippen LogP contribution < -0.4 is 0 Å². The fraction of sp³-hybridized carbons (Fsp3) is 1.00. The van der Waals surface area contributed by atoms with Crippen molar-refractivity contribution in [2.75, 3.05) is 13.2 Å². The molecule has 8 N–H and O–H groups in total. The minimum absolute atomic E-state index is 0.592. The molecule has 1 aliphatic heterocycles. The van der Waals surface area contributed by atoms with Gasteiger partial charge in [-0.25, -0.2) is 4.57 Å². The van der Waals surface area contributed by atoms with E-state index in [1.165, 1.54) is 0 Å². The summed E-state index contributed by atoms with van der Waals surface area (Å²) in [5, 5.41) is 59.0. The van der Waals surface area contributed by atoms with Crippen LogP contribution in [0.2, 0.25) is 0 Å². The molecule has 2 aliphatic rings. The van der Waals surface area contributed by atoms with Crippen LogP contribution in [-0.2, 0) is 18.6 Å². The van der Waals surface area contributed by atoms with Gasteiger partial charge >= 0.3 is 7.82 Å². The smallest absolute Gasteiger partial charge is 0.387 e. The van der Waals surface area contributed by atoms with Gasteiger partial charge in [-0.15, -0.1) is 0 Å². The topological polar surface area (TPSA) is 207 Å². The highest BCUT2D eigenvalue weighted by Gasteiger charge is 2.71. The second kappa shape index (κ2) is 5.70. The second-order valence-corrected chi connectivity index (χ2v) is 6.34. The Balaban J connectivity index is 2.21. The highest BCUT2D eigenvalue weighted by Crippen LogP contribution is 2.44. The monoisotopic (exact) mass is 348 g/mol. The number of phosphoric acid groups is 1. The molecule has 1 unspecified atom stereocenters. The summed E-state index contributed by atoms with van der Waals surface area (Å²) in [6.07, 6.45) is -9.97. The molecule has 0 aromatic rings. The van der Waals surface area contributed by atoms with Crippen molar-refractivity contribution in [3.8, 4) is 0 Å². The number of hydrogen-bond acceptors (Lipinski definition) is 10. The summed E-state index contributed by atoms with van der Waals surface area (Å²) >= 11 is 0. The molecule has 1 saturated heterocycles. The molecule has 1 saturated carbocycles. The lowest BCUT2D eigenvalue weighted by Crippen LogP contribution is -2.81. The summed E-state index contributed by atoms with van der Waals surface area (Å²) in [5.41, 5.74) is 0. The van der Waals surface area contributed by atoms with Crippen LogP contribution in [0.1, 0.15) is 0 Å². The van der Waals surface area contributed by atoms with Gasteiger partial charge < -0.3 is 49.9 Å². The third-order valence-corrected chi connectivity index (χ3v) is 4.06. The Hall–Kier alpha value is -0.210. The summed E-state index contributed by atoms with van der Waals surface area (Å²) in [4.78, 5) is 17.2. The van der Waals surface area contributed by atoms with E-state index in [1.54, 1.807) is 0 Å². The van der Waals surface area contributed by atoms with E-state index in [4.69, 9.17) is 19.3 Å². The van der Waals surface area contributed by atoms with E-state index < -0.39 is 63.1 Å².